The number of aryl methyl sites for hydroxylation is 1. The van der Waals surface area contributed by atoms with Gasteiger partial charge in [0.25, 0.3) is 0 Å². The van der Waals surface area contributed by atoms with Crippen molar-refractivity contribution in [3.8, 4) is 11.1 Å². The number of aromatic nitrogens is 1. The molecule has 1 aliphatic heterocycles. The highest BCUT2D eigenvalue weighted by atomic mass is 19.1. The average molecular weight is 633 g/mol. The number of likely N-dealkylation sites (tertiary alicyclic amines) is 1. The summed E-state index contributed by atoms with van der Waals surface area (Å²) in [5.74, 6) is -0.672. The topological polar surface area (TPSA) is 83.9 Å². The molecule has 1 saturated heterocycles. The predicted molar refractivity (Wildman–Crippen MR) is 179 cm³/mol. The van der Waals surface area contributed by atoms with Crippen LogP contribution >= 0.6 is 0 Å². The minimum absolute atomic E-state index is 0.0357. The second-order valence-corrected chi connectivity index (χ2v) is 14.2. The van der Waals surface area contributed by atoms with Gasteiger partial charge >= 0.3 is 6.09 Å². The van der Waals surface area contributed by atoms with Crippen LogP contribution in [0.2, 0.25) is 0 Å². The normalized spacial score (nSPS) is 18.8. The van der Waals surface area contributed by atoms with E-state index < -0.39 is 23.8 Å². The summed E-state index contributed by atoms with van der Waals surface area (Å²) in [5.41, 5.74) is 3.38. The van der Waals surface area contributed by atoms with E-state index >= 15 is 0 Å². The summed E-state index contributed by atoms with van der Waals surface area (Å²) in [6, 6.07) is 11.5. The second-order valence-electron chi connectivity index (χ2n) is 14.2. The van der Waals surface area contributed by atoms with Crippen LogP contribution in [0.5, 0.6) is 0 Å². The Bertz CT molecular complexity index is 1570. The molecule has 46 heavy (non-hydrogen) atoms. The maximum atomic E-state index is 14.5. The molecule has 2 heterocycles. The summed E-state index contributed by atoms with van der Waals surface area (Å²) in [6.07, 6.45) is 8.14. The summed E-state index contributed by atoms with van der Waals surface area (Å²) in [7, 11) is 1.55. The Hall–Kier alpha value is -3.88. The molecule has 3 amide bonds. The summed E-state index contributed by atoms with van der Waals surface area (Å²) < 4.78 is 22.1. The number of nitrogens with zero attached hydrogens (tertiary/aromatic N) is 3. The summed E-state index contributed by atoms with van der Waals surface area (Å²) >= 11 is 0. The zero-order valence-electron chi connectivity index (χ0n) is 28.1. The maximum absolute atomic E-state index is 14.5. The van der Waals surface area contributed by atoms with Gasteiger partial charge in [0.05, 0.1) is 0 Å². The molecule has 2 fully saturated rings. The van der Waals surface area contributed by atoms with Gasteiger partial charge in [-0.2, -0.15) is 0 Å². The van der Waals surface area contributed by atoms with E-state index in [4.69, 9.17) is 4.74 Å². The first-order valence-corrected chi connectivity index (χ1v) is 16.7. The third-order valence-corrected chi connectivity index (χ3v) is 9.67. The number of hydrogen-bond acceptors (Lipinski definition) is 4. The molecule has 5 rings (SSSR count). The SMILES string of the molecule is Cc1ccccc1-c1cn(C[C@@H]2CCCN2C(=O)[C@@H](NC(=O)[C@H](C)N(C)C(=O)OC(C)(C)C)C2CCCCC2)c2ccc(F)cc12. The fourth-order valence-electron chi connectivity index (χ4n) is 7.02. The van der Waals surface area contributed by atoms with Crippen LogP contribution in [0.25, 0.3) is 22.0 Å². The molecular formula is C37H49FN4O4. The fraction of sp³-hybridized carbons (Fsp3) is 0.541. The third-order valence-electron chi connectivity index (χ3n) is 9.67. The van der Waals surface area contributed by atoms with Gasteiger partial charge in [-0.15, -0.1) is 0 Å². The van der Waals surface area contributed by atoms with Crippen molar-refractivity contribution in [2.75, 3.05) is 13.6 Å². The molecule has 0 spiro atoms. The largest absolute Gasteiger partial charge is 0.444 e. The highest BCUT2D eigenvalue weighted by Crippen LogP contribution is 2.35. The lowest BCUT2D eigenvalue weighted by atomic mass is 9.83. The van der Waals surface area contributed by atoms with Crippen molar-refractivity contribution < 1.29 is 23.5 Å². The highest BCUT2D eigenvalue weighted by molar-refractivity contribution is 5.97. The number of benzene rings is 2. The number of rotatable bonds is 8. The smallest absolute Gasteiger partial charge is 0.410 e. The van der Waals surface area contributed by atoms with Crippen molar-refractivity contribution in [2.24, 2.45) is 5.92 Å². The van der Waals surface area contributed by atoms with Crippen LogP contribution < -0.4 is 5.32 Å². The van der Waals surface area contributed by atoms with Gasteiger partial charge in [0.15, 0.2) is 0 Å². The number of carbonyl (C=O) groups is 3. The van der Waals surface area contributed by atoms with E-state index in [0.717, 1.165) is 72.5 Å². The van der Waals surface area contributed by atoms with E-state index in [-0.39, 0.29) is 29.6 Å². The summed E-state index contributed by atoms with van der Waals surface area (Å²) in [5, 5.41) is 3.93. The Labute approximate surface area is 272 Å². The van der Waals surface area contributed by atoms with Crippen molar-refractivity contribution in [1.29, 1.82) is 0 Å². The van der Waals surface area contributed by atoms with E-state index in [2.05, 4.69) is 35.1 Å². The first kappa shape index (κ1) is 33.5. The molecule has 9 heteroatoms. The second kappa shape index (κ2) is 13.9. The standard InChI is InChI=1S/C37H49FN4O4/c1-24-13-10-11-17-29(24)31-23-41(32-19-18-27(38)21-30(31)32)22-28-16-12-20-42(28)35(44)33(26-14-8-7-9-15-26)39-34(43)25(2)40(6)36(45)46-37(3,4)5/h10-11,13,17-19,21,23,25-26,28,33H,7-9,12,14-16,20,22H2,1-6H3,(H,39,43)/t25-,28-,33-/m0/s1. The Morgan fingerprint density at radius 3 is 2.43 bits per heavy atom. The lowest BCUT2D eigenvalue weighted by Crippen LogP contribution is -2.57. The fourth-order valence-corrected chi connectivity index (χ4v) is 7.02. The van der Waals surface area contributed by atoms with Crippen LogP contribution in [-0.2, 0) is 20.9 Å². The molecule has 3 aromatic rings. The quantitative estimate of drug-likeness (QED) is 0.288. The minimum atomic E-state index is -0.811. The maximum Gasteiger partial charge on any atom is 0.410 e. The number of ether oxygens (including phenoxy) is 1. The van der Waals surface area contributed by atoms with Gasteiger partial charge in [-0.25, -0.2) is 9.18 Å². The van der Waals surface area contributed by atoms with Crippen LogP contribution in [0.15, 0.2) is 48.7 Å². The number of fused-ring (bicyclic) bond motifs is 1. The zero-order chi connectivity index (χ0) is 33.2. The van der Waals surface area contributed by atoms with Crippen LogP contribution in [0.1, 0.15) is 78.2 Å². The number of halogens is 1. The first-order chi connectivity index (χ1) is 21.8. The lowest BCUT2D eigenvalue weighted by Gasteiger charge is -2.36. The van der Waals surface area contributed by atoms with Crippen LogP contribution in [0.3, 0.4) is 0 Å². The Balaban J connectivity index is 1.38. The predicted octanol–water partition coefficient (Wildman–Crippen LogP) is 7.07. The molecule has 0 bridgehead atoms. The van der Waals surface area contributed by atoms with E-state index in [1.165, 1.54) is 11.0 Å². The minimum Gasteiger partial charge on any atom is -0.444 e. The first-order valence-electron chi connectivity index (χ1n) is 16.7. The highest BCUT2D eigenvalue weighted by Gasteiger charge is 2.40. The van der Waals surface area contributed by atoms with Gasteiger partial charge in [0, 0.05) is 48.8 Å². The molecule has 2 aliphatic rings. The zero-order valence-corrected chi connectivity index (χ0v) is 28.1. The average Bonchev–Trinajstić information content (AvgIpc) is 3.63. The number of likely N-dealkylation sites (N-methyl/N-ethyl adjacent to an activating group) is 1. The van der Waals surface area contributed by atoms with E-state index in [0.29, 0.717) is 13.1 Å². The van der Waals surface area contributed by atoms with Crippen molar-refractivity contribution in [1.82, 2.24) is 19.7 Å². The van der Waals surface area contributed by atoms with Gasteiger partial charge in [0.1, 0.15) is 23.5 Å². The molecule has 1 saturated carbocycles. The Morgan fingerprint density at radius 2 is 1.74 bits per heavy atom. The van der Waals surface area contributed by atoms with Gasteiger partial charge in [-0.05, 0) is 95.5 Å². The van der Waals surface area contributed by atoms with Gasteiger partial charge in [-0.1, -0.05) is 43.5 Å². The van der Waals surface area contributed by atoms with Gasteiger partial charge < -0.3 is 19.5 Å². The van der Waals surface area contributed by atoms with E-state index in [9.17, 15) is 18.8 Å². The third kappa shape index (κ3) is 7.39. The molecule has 0 unspecified atom stereocenters. The Kier molecular flexibility index (Phi) is 10.1. The van der Waals surface area contributed by atoms with E-state index in [1.54, 1.807) is 40.8 Å². The van der Waals surface area contributed by atoms with Crippen molar-refractivity contribution in [3.63, 3.8) is 0 Å². The van der Waals surface area contributed by atoms with Crippen molar-refractivity contribution >= 4 is 28.8 Å². The van der Waals surface area contributed by atoms with Crippen LogP contribution in [0.4, 0.5) is 9.18 Å². The number of amides is 3. The van der Waals surface area contributed by atoms with E-state index in [1.807, 2.05) is 23.1 Å². The molecule has 1 aromatic heterocycles. The lowest BCUT2D eigenvalue weighted by molar-refractivity contribution is -0.140. The molecule has 2 aromatic carbocycles. The Morgan fingerprint density at radius 1 is 1.02 bits per heavy atom. The number of carbonyl (C=O) groups excluding carboxylic acids is 3. The number of hydrogen-bond donors (Lipinski definition) is 1. The summed E-state index contributed by atoms with van der Waals surface area (Å²) in [6.45, 7) is 10.3. The molecule has 248 valence electrons. The molecule has 8 nitrogen and oxygen atoms in total. The van der Waals surface area contributed by atoms with Crippen molar-refractivity contribution in [3.05, 3.63) is 60.0 Å². The van der Waals surface area contributed by atoms with Crippen molar-refractivity contribution in [2.45, 2.75) is 110 Å². The summed E-state index contributed by atoms with van der Waals surface area (Å²) in [4.78, 5) is 43.9. The van der Waals surface area contributed by atoms with Gasteiger partial charge in [-0.3, -0.25) is 14.5 Å². The van der Waals surface area contributed by atoms with Gasteiger partial charge in [0.2, 0.25) is 11.8 Å². The number of nitrogens with one attached hydrogen (secondary N) is 1. The van der Waals surface area contributed by atoms with Crippen LogP contribution in [0, 0.1) is 18.7 Å². The molecule has 1 N–H and O–H groups in total. The van der Waals surface area contributed by atoms with Crippen LogP contribution in [-0.4, -0.2) is 69.6 Å². The molecule has 0 radical (unpaired) electrons. The molecule has 3 atom stereocenters. The monoisotopic (exact) mass is 632 g/mol. The molecule has 1 aliphatic carbocycles. The molecular weight excluding hydrogens is 583 g/mol.